The van der Waals surface area contributed by atoms with Crippen LogP contribution in [0.1, 0.15) is 27.2 Å². The highest BCUT2D eigenvalue weighted by Gasteiger charge is 2.05. The lowest BCUT2D eigenvalue weighted by Crippen LogP contribution is -2.41. The highest BCUT2D eigenvalue weighted by atomic mass is 16.1. The van der Waals surface area contributed by atoms with E-state index in [0.717, 1.165) is 6.42 Å². The van der Waals surface area contributed by atoms with Gasteiger partial charge in [-0.15, -0.1) is 6.42 Å². The van der Waals surface area contributed by atoms with Gasteiger partial charge in [-0.05, 0) is 20.3 Å². The predicted molar refractivity (Wildman–Crippen MR) is 54.2 cm³/mol. The second kappa shape index (κ2) is 6.50. The number of carbonyl (C=O) groups is 1. The molecule has 0 rings (SSSR count). The number of nitrogens with one attached hydrogen (secondary N) is 2. The molecule has 2 atom stereocenters. The Morgan fingerprint density at radius 3 is 2.62 bits per heavy atom. The quantitative estimate of drug-likeness (QED) is 0.608. The SMILES string of the molecule is C#CC(C)NCC(=O)NC(C)CC. The van der Waals surface area contributed by atoms with Gasteiger partial charge in [-0.25, -0.2) is 0 Å². The minimum absolute atomic E-state index is 0.00329. The van der Waals surface area contributed by atoms with Crippen LogP contribution in [0, 0.1) is 12.3 Å². The Hall–Kier alpha value is -1.01. The summed E-state index contributed by atoms with van der Waals surface area (Å²) >= 11 is 0. The lowest BCUT2D eigenvalue weighted by Gasteiger charge is -2.12. The molecule has 2 unspecified atom stereocenters. The van der Waals surface area contributed by atoms with Gasteiger partial charge in [-0.2, -0.15) is 0 Å². The Bertz CT molecular complexity index is 196. The van der Waals surface area contributed by atoms with Gasteiger partial charge in [0, 0.05) is 6.04 Å². The van der Waals surface area contributed by atoms with Gasteiger partial charge in [-0.3, -0.25) is 10.1 Å². The number of amides is 1. The van der Waals surface area contributed by atoms with E-state index in [9.17, 15) is 4.79 Å². The molecule has 0 aromatic carbocycles. The first-order valence-corrected chi connectivity index (χ1v) is 4.59. The summed E-state index contributed by atoms with van der Waals surface area (Å²) in [6, 6.07) is 0.179. The number of hydrogen-bond acceptors (Lipinski definition) is 2. The summed E-state index contributed by atoms with van der Waals surface area (Å²) in [4.78, 5) is 11.2. The van der Waals surface area contributed by atoms with Crippen molar-refractivity contribution in [3.8, 4) is 12.3 Å². The molecule has 13 heavy (non-hydrogen) atoms. The van der Waals surface area contributed by atoms with Crippen molar-refractivity contribution in [3.05, 3.63) is 0 Å². The summed E-state index contributed by atoms with van der Waals surface area (Å²) in [6.07, 6.45) is 6.08. The Balaban J connectivity index is 3.59. The molecule has 0 aliphatic heterocycles. The molecule has 0 saturated heterocycles. The lowest BCUT2D eigenvalue weighted by atomic mass is 10.2. The average Bonchev–Trinajstić information content (AvgIpc) is 2.13. The molecule has 0 heterocycles. The molecule has 0 saturated carbocycles. The molecule has 0 aromatic rings. The van der Waals surface area contributed by atoms with E-state index < -0.39 is 0 Å². The van der Waals surface area contributed by atoms with Crippen molar-refractivity contribution in [1.82, 2.24) is 10.6 Å². The molecule has 2 N–H and O–H groups in total. The highest BCUT2D eigenvalue weighted by Crippen LogP contribution is 1.86. The van der Waals surface area contributed by atoms with E-state index in [-0.39, 0.29) is 24.5 Å². The monoisotopic (exact) mass is 182 g/mol. The van der Waals surface area contributed by atoms with Crippen LogP contribution < -0.4 is 10.6 Å². The third-order valence-corrected chi connectivity index (χ3v) is 1.84. The fourth-order valence-corrected chi connectivity index (χ4v) is 0.733. The second-order valence-electron chi connectivity index (χ2n) is 3.15. The van der Waals surface area contributed by atoms with Crippen LogP contribution in [0.25, 0.3) is 0 Å². The van der Waals surface area contributed by atoms with Gasteiger partial charge in [0.2, 0.25) is 5.91 Å². The van der Waals surface area contributed by atoms with Crippen molar-refractivity contribution >= 4 is 5.91 Å². The van der Waals surface area contributed by atoms with E-state index in [0.29, 0.717) is 0 Å². The molecule has 0 aliphatic rings. The maximum absolute atomic E-state index is 11.2. The smallest absolute Gasteiger partial charge is 0.234 e. The van der Waals surface area contributed by atoms with E-state index in [2.05, 4.69) is 16.6 Å². The Morgan fingerprint density at radius 1 is 1.54 bits per heavy atom. The van der Waals surface area contributed by atoms with Crippen molar-refractivity contribution in [2.24, 2.45) is 0 Å². The Morgan fingerprint density at radius 2 is 2.15 bits per heavy atom. The van der Waals surface area contributed by atoms with Crippen molar-refractivity contribution in [2.75, 3.05) is 6.54 Å². The first kappa shape index (κ1) is 12.0. The van der Waals surface area contributed by atoms with Crippen LogP contribution in [0.15, 0.2) is 0 Å². The Kier molecular flexibility index (Phi) is 5.99. The van der Waals surface area contributed by atoms with Crippen LogP contribution in [0.3, 0.4) is 0 Å². The molecule has 0 aliphatic carbocycles. The zero-order chi connectivity index (χ0) is 10.3. The van der Waals surface area contributed by atoms with Gasteiger partial charge in [0.15, 0.2) is 0 Å². The summed E-state index contributed by atoms with van der Waals surface area (Å²) in [6.45, 7) is 6.14. The van der Waals surface area contributed by atoms with Gasteiger partial charge in [0.1, 0.15) is 0 Å². The number of carbonyl (C=O) groups excluding carboxylic acids is 1. The predicted octanol–water partition coefficient (Wildman–Crippen LogP) is 0.512. The van der Waals surface area contributed by atoms with E-state index >= 15 is 0 Å². The maximum Gasteiger partial charge on any atom is 0.234 e. The van der Waals surface area contributed by atoms with Crippen molar-refractivity contribution in [1.29, 1.82) is 0 Å². The topological polar surface area (TPSA) is 41.1 Å². The van der Waals surface area contributed by atoms with E-state index in [1.165, 1.54) is 0 Å². The van der Waals surface area contributed by atoms with Crippen LogP contribution in [0.4, 0.5) is 0 Å². The van der Waals surface area contributed by atoms with Crippen LogP contribution >= 0.6 is 0 Å². The maximum atomic E-state index is 11.2. The lowest BCUT2D eigenvalue weighted by molar-refractivity contribution is -0.120. The van der Waals surface area contributed by atoms with Crippen LogP contribution in [-0.4, -0.2) is 24.5 Å². The van der Waals surface area contributed by atoms with Gasteiger partial charge in [0.05, 0.1) is 12.6 Å². The molecule has 0 aromatic heterocycles. The Labute approximate surface area is 80.3 Å². The first-order valence-electron chi connectivity index (χ1n) is 4.59. The third kappa shape index (κ3) is 6.18. The molecule has 0 bridgehead atoms. The van der Waals surface area contributed by atoms with Crippen molar-refractivity contribution in [3.63, 3.8) is 0 Å². The summed E-state index contributed by atoms with van der Waals surface area (Å²) in [7, 11) is 0. The summed E-state index contributed by atoms with van der Waals surface area (Å²) in [5, 5.41) is 5.75. The molecule has 0 fully saturated rings. The molecule has 0 spiro atoms. The molecule has 74 valence electrons. The average molecular weight is 182 g/mol. The van der Waals surface area contributed by atoms with Crippen LogP contribution in [0.2, 0.25) is 0 Å². The van der Waals surface area contributed by atoms with Gasteiger partial charge in [-0.1, -0.05) is 12.8 Å². The molecule has 1 amide bonds. The standard InChI is InChI=1S/C10H18N2O/c1-5-8(3)11-7-10(13)12-9(4)6-2/h1,8-9,11H,6-7H2,2-4H3,(H,12,13). The molecular weight excluding hydrogens is 164 g/mol. The van der Waals surface area contributed by atoms with E-state index in [1.54, 1.807) is 0 Å². The minimum atomic E-state index is -0.0531. The number of terminal acetylenes is 1. The zero-order valence-corrected chi connectivity index (χ0v) is 8.55. The zero-order valence-electron chi connectivity index (χ0n) is 8.55. The van der Waals surface area contributed by atoms with Crippen LogP contribution in [0.5, 0.6) is 0 Å². The van der Waals surface area contributed by atoms with Gasteiger partial charge in [0.25, 0.3) is 0 Å². The normalized spacial score (nSPS) is 14.3. The highest BCUT2D eigenvalue weighted by molar-refractivity contribution is 5.78. The summed E-state index contributed by atoms with van der Waals surface area (Å²) < 4.78 is 0. The number of hydrogen-bond donors (Lipinski definition) is 2. The largest absolute Gasteiger partial charge is 0.353 e. The van der Waals surface area contributed by atoms with E-state index in [1.807, 2.05) is 20.8 Å². The summed E-state index contributed by atoms with van der Waals surface area (Å²) in [5.41, 5.74) is 0. The van der Waals surface area contributed by atoms with Gasteiger partial charge < -0.3 is 5.32 Å². The fraction of sp³-hybridized carbons (Fsp3) is 0.700. The van der Waals surface area contributed by atoms with Crippen molar-refractivity contribution in [2.45, 2.75) is 39.3 Å². The number of rotatable bonds is 5. The second-order valence-corrected chi connectivity index (χ2v) is 3.15. The first-order chi connectivity index (χ1) is 6.10. The molecule has 0 radical (unpaired) electrons. The molecule has 3 heteroatoms. The summed E-state index contributed by atoms with van der Waals surface area (Å²) in [5.74, 6) is 2.49. The minimum Gasteiger partial charge on any atom is -0.353 e. The van der Waals surface area contributed by atoms with Crippen LogP contribution in [-0.2, 0) is 4.79 Å². The van der Waals surface area contributed by atoms with Gasteiger partial charge >= 0.3 is 0 Å². The van der Waals surface area contributed by atoms with Crippen molar-refractivity contribution < 1.29 is 4.79 Å². The fourth-order valence-electron chi connectivity index (χ4n) is 0.733. The third-order valence-electron chi connectivity index (χ3n) is 1.84. The molecule has 3 nitrogen and oxygen atoms in total. The van der Waals surface area contributed by atoms with E-state index in [4.69, 9.17) is 6.42 Å². The molecular formula is C10H18N2O.